The number of nitrogens with zero attached hydrogens (tertiary/aromatic N) is 1. The summed E-state index contributed by atoms with van der Waals surface area (Å²) < 4.78 is 18.6. The maximum Gasteiger partial charge on any atom is 0.366 e. The highest BCUT2D eigenvalue weighted by molar-refractivity contribution is 5.85. The molecule has 0 aliphatic heterocycles. The molecule has 4 fully saturated rings. The van der Waals surface area contributed by atoms with Crippen molar-refractivity contribution >= 4 is 12.0 Å². The monoisotopic (exact) mass is 408 g/mol. The van der Waals surface area contributed by atoms with Gasteiger partial charge in [-0.05, 0) is 88.0 Å². The number of rotatable bonds is 11. The molecule has 4 rings (SSSR count). The molecule has 0 atom stereocenters. The van der Waals surface area contributed by atoms with Crippen LogP contribution < -0.4 is 5.73 Å². The molecule has 0 aromatic rings. The van der Waals surface area contributed by atoms with Crippen molar-refractivity contribution in [3.8, 4) is 0 Å². The smallest absolute Gasteiger partial charge is 0.366 e. The minimum absolute atomic E-state index is 0.00512. The van der Waals surface area contributed by atoms with Gasteiger partial charge in [0.1, 0.15) is 0 Å². The van der Waals surface area contributed by atoms with E-state index in [0.29, 0.717) is 13.0 Å². The van der Waals surface area contributed by atoms with E-state index in [4.69, 9.17) is 10.5 Å². The Bertz CT molecular complexity index is 584. The van der Waals surface area contributed by atoms with Gasteiger partial charge in [0.2, 0.25) is 5.83 Å². The first-order chi connectivity index (χ1) is 13.9. The lowest BCUT2D eigenvalue weighted by Gasteiger charge is -2.60. The van der Waals surface area contributed by atoms with Gasteiger partial charge in [-0.1, -0.05) is 19.8 Å². The molecule has 0 radical (unpaired) electrons. The van der Waals surface area contributed by atoms with Gasteiger partial charge in [-0.3, -0.25) is 0 Å². The minimum atomic E-state index is -0.861. The summed E-state index contributed by atoms with van der Waals surface area (Å²) in [6, 6.07) is -0.285. The summed E-state index contributed by atoms with van der Waals surface area (Å²) in [5, 5.41) is 0. The van der Waals surface area contributed by atoms with E-state index in [9.17, 15) is 14.0 Å². The van der Waals surface area contributed by atoms with Crippen LogP contribution in [-0.2, 0) is 9.53 Å². The zero-order valence-corrected chi connectivity index (χ0v) is 17.8. The summed E-state index contributed by atoms with van der Waals surface area (Å²) in [6.45, 7) is 2.94. The lowest BCUT2D eigenvalue weighted by atomic mass is 9.52. The van der Waals surface area contributed by atoms with Crippen LogP contribution in [0.2, 0.25) is 0 Å². The fourth-order valence-corrected chi connectivity index (χ4v) is 6.26. The number of hydrogen-bond acceptors (Lipinski definition) is 3. The van der Waals surface area contributed by atoms with E-state index in [1.165, 1.54) is 25.3 Å². The Labute approximate surface area is 174 Å². The van der Waals surface area contributed by atoms with Crippen LogP contribution in [0.4, 0.5) is 9.18 Å². The third-order valence-corrected chi connectivity index (χ3v) is 7.18. The van der Waals surface area contributed by atoms with Gasteiger partial charge in [0.25, 0.3) is 0 Å². The van der Waals surface area contributed by atoms with Crippen LogP contribution in [0, 0.1) is 17.8 Å². The van der Waals surface area contributed by atoms with E-state index in [1.807, 2.05) is 11.8 Å². The highest BCUT2D eigenvalue weighted by Gasteiger charge is 2.54. The highest BCUT2D eigenvalue weighted by atomic mass is 19.1. The molecule has 29 heavy (non-hydrogen) atoms. The van der Waals surface area contributed by atoms with Crippen molar-refractivity contribution < 1.29 is 18.7 Å². The fraction of sp³-hybridized carbons (Fsp3) is 0.826. The van der Waals surface area contributed by atoms with Gasteiger partial charge in [-0.25, -0.2) is 9.59 Å². The van der Waals surface area contributed by atoms with E-state index < -0.39 is 11.8 Å². The number of carbonyl (C=O) groups excluding carboxylic acids is 2. The van der Waals surface area contributed by atoms with Crippen LogP contribution in [0.3, 0.4) is 0 Å². The number of unbranched alkanes of at least 4 members (excludes halogenated alkanes) is 4. The molecule has 4 aliphatic carbocycles. The van der Waals surface area contributed by atoms with Crippen LogP contribution >= 0.6 is 0 Å². The van der Waals surface area contributed by atoms with Gasteiger partial charge < -0.3 is 15.4 Å². The van der Waals surface area contributed by atoms with E-state index in [2.05, 4.69) is 0 Å². The number of ether oxygens (including phenoxy) is 1. The van der Waals surface area contributed by atoms with Crippen molar-refractivity contribution in [2.24, 2.45) is 23.5 Å². The largest absolute Gasteiger partial charge is 0.460 e. The quantitative estimate of drug-likeness (QED) is 0.294. The number of allylic oxidation sites excluding steroid dienone is 1. The van der Waals surface area contributed by atoms with Crippen LogP contribution in [0.1, 0.15) is 84.0 Å². The fourth-order valence-electron chi connectivity index (χ4n) is 6.26. The predicted octanol–water partition coefficient (Wildman–Crippen LogP) is 5.09. The number of hydrogen-bond donors (Lipinski definition) is 1. The van der Waals surface area contributed by atoms with Crippen molar-refractivity contribution in [3.05, 3.63) is 11.9 Å². The summed E-state index contributed by atoms with van der Waals surface area (Å²) in [4.78, 5) is 25.7. The SMILES string of the molecule is CCCCOC(=O)C(F)=CCCCCCN(C(N)=O)C12CC3CC(CC(C3)C1)C2. The molecule has 2 amide bonds. The number of nitrogens with two attached hydrogens (primary N) is 1. The minimum Gasteiger partial charge on any atom is -0.460 e. The normalized spacial score (nSPS) is 30.4. The maximum atomic E-state index is 13.7. The van der Waals surface area contributed by atoms with Crippen LogP contribution in [-0.4, -0.2) is 35.6 Å². The van der Waals surface area contributed by atoms with E-state index in [1.54, 1.807) is 0 Å². The molecule has 0 heterocycles. The second-order valence-electron chi connectivity index (χ2n) is 9.52. The second kappa shape index (κ2) is 9.94. The second-order valence-corrected chi connectivity index (χ2v) is 9.52. The Morgan fingerprint density at radius 1 is 1.07 bits per heavy atom. The molecular formula is C23H37FN2O3. The molecule has 4 aliphatic rings. The lowest BCUT2D eigenvalue weighted by Crippen LogP contribution is -2.62. The Morgan fingerprint density at radius 3 is 2.24 bits per heavy atom. The third-order valence-electron chi connectivity index (χ3n) is 7.18. The maximum absolute atomic E-state index is 13.7. The first-order valence-corrected chi connectivity index (χ1v) is 11.5. The first kappa shape index (κ1) is 22.1. The summed E-state index contributed by atoms with van der Waals surface area (Å²) >= 11 is 0. The molecule has 2 N–H and O–H groups in total. The van der Waals surface area contributed by atoms with E-state index in [-0.39, 0.29) is 18.2 Å². The molecule has 5 nitrogen and oxygen atoms in total. The van der Waals surface area contributed by atoms with Crippen LogP contribution in [0.5, 0.6) is 0 Å². The lowest BCUT2D eigenvalue weighted by molar-refractivity contribution is -0.140. The summed E-state index contributed by atoms with van der Waals surface area (Å²) in [6.07, 6.45) is 13.4. The van der Waals surface area contributed by atoms with E-state index in [0.717, 1.165) is 69.1 Å². The summed E-state index contributed by atoms with van der Waals surface area (Å²) in [5.41, 5.74) is 5.79. The van der Waals surface area contributed by atoms with E-state index >= 15 is 0 Å². The topological polar surface area (TPSA) is 72.6 Å². The molecular weight excluding hydrogens is 371 g/mol. The Hall–Kier alpha value is -1.59. The number of esters is 1. The zero-order valence-electron chi connectivity index (χ0n) is 17.8. The van der Waals surface area contributed by atoms with Crippen LogP contribution in [0.25, 0.3) is 0 Å². The van der Waals surface area contributed by atoms with Crippen LogP contribution in [0.15, 0.2) is 11.9 Å². The molecule has 0 unspecified atom stereocenters. The Kier molecular flexibility index (Phi) is 7.58. The number of halogens is 1. The predicted molar refractivity (Wildman–Crippen MR) is 111 cm³/mol. The van der Waals surface area contributed by atoms with Gasteiger partial charge in [-0.2, -0.15) is 4.39 Å². The first-order valence-electron chi connectivity index (χ1n) is 11.5. The summed E-state index contributed by atoms with van der Waals surface area (Å²) in [5.74, 6) is 0.656. The number of primary amides is 1. The summed E-state index contributed by atoms with van der Waals surface area (Å²) in [7, 11) is 0. The third kappa shape index (κ3) is 5.52. The Morgan fingerprint density at radius 2 is 1.69 bits per heavy atom. The molecule has 6 heteroatoms. The van der Waals surface area contributed by atoms with Crippen molar-refractivity contribution in [1.82, 2.24) is 4.90 Å². The molecule has 0 spiro atoms. The van der Waals surface area contributed by atoms with Crippen molar-refractivity contribution in [1.29, 1.82) is 0 Å². The highest BCUT2D eigenvalue weighted by Crippen LogP contribution is 2.57. The zero-order chi connectivity index (χ0) is 20.9. The molecule has 0 aromatic heterocycles. The number of amides is 2. The standard InChI is InChI=1S/C23H37FN2O3/c1-2-3-10-29-21(27)20(24)8-6-4-5-7-9-26(22(25)28)23-14-17-11-18(15-23)13-19(12-17)16-23/h8,17-19H,2-7,9-16H2,1H3,(H2,25,28). The molecule has 164 valence electrons. The average Bonchev–Trinajstić information content (AvgIpc) is 2.65. The van der Waals surface area contributed by atoms with Gasteiger partial charge >= 0.3 is 12.0 Å². The molecule has 4 saturated carbocycles. The number of urea groups is 1. The molecule has 0 saturated heterocycles. The molecule has 4 bridgehead atoms. The van der Waals surface area contributed by atoms with Gasteiger partial charge in [0.05, 0.1) is 6.61 Å². The van der Waals surface area contributed by atoms with Crippen molar-refractivity contribution in [2.75, 3.05) is 13.2 Å². The van der Waals surface area contributed by atoms with Gasteiger partial charge in [0.15, 0.2) is 0 Å². The van der Waals surface area contributed by atoms with Gasteiger partial charge in [0, 0.05) is 12.1 Å². The Balaban J connectivity index is 1.40. The van der Waals surface area contributed by atoms with Crippen molar-refractivity contribution in [2.45, 2.75) is 89.5 Å². The molecule has 0 aromatic carbocycles. The van der Waals surface area contributed by atoms with Gasteiger partial charge in [-0.15, -0.1) is 0 Å². The van der Waals surface area contributed by atoms with Crippen molar-refractivity contribution in [3.63, 3.8) is 0 Å². The average molecular weight is 409 g/mol. The number of carbonyl (C=O) groups is 2.